The van der Waals surface area contributed by atoms with Gasteiger partial charge in [-0.05, 0) is 40.9 Å². The lowest BCUT2D eigenvalue weighted by Gasteiger charge is -2.24. The van der Waals surface area contributed by atoms with Gasteiger partial charge in [0.15, 0.2) is 6.20 Å². The molecule has 1 aromatic carbocycles. The average Bonchev–Trinajstić information content (AvgIpc) is 2.65. The summed E-state index contributed by atoms with van der Waals surface area (Å²) in [5, 5.41) is 1.71. The van der Waals surface area contributed by atoms with E-state index in [0.29, 0.717) is 18.6 Å². The monoisotopic (exact) mass is 404 g/mol. The smallest absolute Gasteiger partial charge is 0.261 e. The van der Waals surface area contributed by atoms with E-state index < -0.39 is 0 Å². The maximum Gasteiger partial charge on any atom is 0.261 e. The van der Waals surface area contributed by atoms with Gasteiger partial charge >= 0.3 is 0 Å². The number of pyridine rings is 1. The van der Waals surface area contributed by atoms with E-state index in [9.17, 15) is 4.79 Å². The van der Waals surface area contributed by atoms with E-state index in [0.717, 1.165) is 33.7 Å². The zero-order valence-corrected chi connectivity index (χ0v) is 16.4. The molecule has 1 aliphatic heterocycles. The molecule has 0 saturated carbocycles. The zero-order chi connectivity index (χ0) is 18.0. The Balaban J connectivity index is 0.000000880. The Hall–Kier alpha value is -1.79. The Bertz CT molecular complexity index is 962. The molecule has 0 unspecified atom stereocenters. The third-order valence-corrected chi connectivity index (χ3v) is 5.20. The molecule has 3 heterocycles. The van der Waals surface area contributed by atoms with Crippen molar-refractivity contribution in [2.24, 2.45) is 7.05 Å². The summed E-state index contributed by atoms with van der Waals surface area (Å²) in [7, 11) is 1.97. The highest BCUT2D eigenvalue weighted by molar-refractivity contribution is 9.10. The third-order valence-electron chi connectivity index (χ3n) is 4.55. The summed E-state index contributed by atoms with van der Waals surface area (Å²) < 4.78 is 10.1. The highest BCUT2D eigenvalue weighted by Gasteiger charge is 2.21. The lowest BCUT2D eigenvalue weighted by molar-refractivity contribution is -0.644. The van der Waals surface area contributed by atoms with E-state index in [1.165, 1.54) is 0 Å². The Morgan fingerprint density at radius 2 is 2.00 bits per heavy atom. The van der Waals surface area contributed by atoms with E-state index in [2.05, 4.69) is 20.9 Å². The molecule has 1 aliphatic rings. The molecule has 0 amide bonds. The number of nitrogens with zero attached hydrogens (tertiary/aromatic N) is 3. The van der Waals surface area contributed by atoms with Crippen molar-refractivity contribution < 1.29 is 9.30 Å². The van der Waals surface area contributed by atoms with Crippen molar-refractivity contribution in [2.75, 3.05) is 13.2 Å². The number of halogens is 1. The van der Waals surface area contributed by atoms with E-state index in [-0.39, 0.29) is 11.6 Å². The molecule has 4 rings (SSSR count). The number of aryl methyl sites for hydroxylation is 1. The minimum absolute atomic E-state index is 0.0216. The zero-order valence-electron chi connectivity index (χ0n) is 14.8. The summed E-state index contributed by atoms with van der Waals surface area (Å²) in [6, 6.07) is 6.09. The number of hydrogen-bond donors (Lipinski definition) is 0. The van der Waals surface area contributed by atoms with Gasteiger partial charge in [0.25, 0.3) is 5.56 Å². The summed E-state index contributed by atoms with van der Waals surface area (Å²) in [6.07, 6.45) is 5.38. The fraction of sp³-hybridized carbons (Fsp3) is 0.421. The first-order valence-electron chi connectivity index (χ1n) is 8.72. The van der Waals surface area contributed by atoms with Crippen LogP contribution in [-0.4, -0.2) is 22.8 Å². The number of ether oxygens (including phenoxy) is 1. The summed E-state index contributed by atoms with van der Waals surface area (Å²) in [5.74, 6) is 0. The molecule has 0 atom stereocenters. The molecule has 132 valence electrons. The lowest BCUT2D eigenvalue weighted by Crippen LogP contribution is -2.31. The van der Waals surface area contributed by atoms with E-state index >= 15 is 0 Å². The normalized spacial score (nSPS) is 15.2. The van der Waals surface area contributed by atoms with Gasteiger partial charge in [0.2, 0.25) is 5.52 Å². The van der Waals surface area contributed by atoms with E-state index in [4.69, 9.17) is 4.74 Å². The van der Waals surface area contributed by atoms with E-state index in [1.807, 2.05) is 49.9 Å². The van der Waals surface area contributed by atoms with Crippen LogP contribution in [0.25, 0.3) is 21.8 Å². The highest BCUT2D eigenvalue weighted by atomic mass is 79.9. The van der Waals surface area contributed by atoms with E-state index in [1.54, 1.807) is 10.9 Å². The minimum Gasteiger partial charge on any atom is -0.381 e. The van der Waals surface area contributed by atoms with Gasteiger partial charge in [0.1, 0.15) is 12.6 Å². The molecule has 0 bridgehead atoms. The first kappa shape index (κ1) is 18.0. The van der Waals surface area contributed by atoms with Crippen LogP contribution in [0.1, 0.15) is 32.7 Å². The first-order chi connectivity index (χ1) is 12.2. The molecule has 0 aliphatic carbocycles. The van der Waals surface area contributed by atoms with Gasteiger partial charge in [-0.25, -0.2) is 4.98 Å². The Labute approximate surface area is 155 Å². The summed E-state index contributed by atoms with van der Waals surface area (Å²) in [6.45, 7) is 5.40. The minimum atomic E-state index is 0.0216. The summed E-state index contributed by atoms with van der Waals surface area (Å²) >= 11 is 3.60. The van der Waals surface area contributed by atoms with Crippen LogP contribution in [0.5, 0.6) is 0 Å². The molecular weight excluding hydrogens is 382 g/mol. The molecule has 5 nitrogen and oxygen atoms in total. The van der Waals surface area contributed by atoms with Gasteiger partial charge in [0.05, 0.1) is 17.1 Å². The summed E-state index contributed by atoms with van der Waals surface area (Å²) in [4.78, 5) is 17.6. The fourth-order valence-electron chi connectivity index (χ4n) is 3.33. The summed E-state index contributed by atoms with van der Waals surface area (Å²) in [5.41, 5.74) is 1.74. The standard InChI is InChI=1S/C17H17BrN3O2.C2H6/c1-20-6-2-3-12-14(18)9-13-15(16(12)20)19-10-21(17(13)22)11-4-7-23-8-5-11;1-2/h2-3,6,9-11H,4-5,7-8H2,1H3;1-2H3/q+1;. The number of benzene rings is 1. The first-order valence-corrected chi connectivity index (χ1v) is 9.51. The SMILES string of the molecule is CC.C[n+]1cccc2c(Br)cc3c(=O)n(C4CCOCC4)cnc3c21. The second kappa shape index (κ2) is 7.62. The number of aromatic nitrogens is 3. The molecule has 0 spiro atoms. The van der Waals surface area contributed by atoms with Crippen LogP contribution >= 0.6 is 15.9 Å². The molecule has 1 saturated heterocycles. The van der Waals surface area contributed by atoms with Crippen LogP contribution < -0.4 is 10.1 Å². The number of fused-ring (bicyclic) bond motifs is 3. The molecule has 6 heteroatoms. The Morgan fingerprint density at radius 1 is 1.28 bits per heavy atom. The highest BCUT2D eigenvalue weighted by Crippen LogP contribution is 2.28. The molecule has 25 heavy (non-hydrogen) atoms. The van der Waals surface area contributed by atoms with Gasteiger partial charge in [-0.3, -0.25) is 9.36 Å². The molecule has 1 fully saturated rings. The van der Waals surface area contributed by atoms with Gasteiger partial charge < -0.3 is 4.74 Å². The molecule has 3 aromatic rings. The topological polar surface area (TPSA) is 48.0 Å². The maximum absolute atomic E-state index is 13.0. The van der Waals surface area contributed by atoms with Crippen LogP contribution in [0.2, 0.25) is 0 Å². The quantitative estimate of drug-likeness (QED) is 0.460. The fourth-order valence-corrected chi connectivity index (χ4v) is 3.88. The van der Waals surface area contributed by atoms with Crippen LogP contribution in [-0.2, 0) is 11.8 Å². The van der Waals surface area contributed by atoms with Crippen molar-refractivity contribution in [3.05, 3.63) is 45.5 Å². The Morgan fingerprint density at radius 3 is 2.72 bits per heavy atom. The number of hydrogen-bond acceptors (Lipinski definition) is 3. The largest absolute Gasteiger partial charge is 0.381 e. The molecule has 0 N–H and O–H groups in total. The molecule has 0 radical (unpaired) electrons. The molecule has 2 aromatic heterocycles. The van der Waals surface area contributed by atoms with Crippen molar-refractivity contribution in [1.29, 1.82) is 0 Å². The average molecular weight is 405 g/mol. The van der Waals surface area contributed by atoms with Gasteiger partial charge in [-0.2, -0.15) is 4.57 Å². The van der Waals surface area contributed by atoms with Crippen molar-refractivity contribution in [2.45, 2.75) is 32.7 Å². The van der Waals surface area contributed by atoms with Crippen molar-refractivity contribution in [3.8, 4) is 0 Å². The second-order valence-corrected chi connectivity index (χ2v) is 6.79. The van der Waals surface area contributed by atoms with Crippen LogP contribution in [0.3, 0.4) is 0 Å². The molecular formula is C19H23BrN3O2+. The maximum atomic E-state index is 13.0. The van der Waals surface area contributed by atoms with Crippen LogP contribution in [0.4, 0.5) is 0 Å². The van der Waals surface area contributed by atoms with Crippen LogP contribution in [0.15, 0.2) is 40.0 Å². The van der Waals surface area contributed by atoms with Crippen molar-refractivity contribution in [1.82, 2.24) is 9.55 Å². The third kappa shape index (κ3) is 3.20. The van der Waals surface area contributed by atoms with Gasteiger partial charge in [0, 0.05) is 29.8 Å². The number of rotatable bonds is 1. The Kier molecular flexibility index (Phi) is 5.49. The predicted molar refractivity (Wildman–Crippen MR) is 103 cm³/mol. The van der Waals surface area contributed by atoms with Crippen molar-refractivity contribution >= 4 is 37.7 Å². The predicted octanol–water partition coefficient (Wildman–Crippen LogP) is 3.51. The van der Waals surface area contributed by atoms with Gasteiger partial charge in [-0.1, -0.05) is 13.8 Å². The van der Waals surface area contributed by atoms with Gasteiger partial charge in [-0.15, -0.1) is 0 Å². The van der Waals surface area contributed by atoms with Crippen molar-refractivity contribution in [3.63, 3.8) is 0 Å². The van der Waals surface area contributed by atoms with Crippen LogP contribution in [0, 0.1) is 0 Å². The second-order valence-electron chi connectivity index (χ2n) is 5.94. The lowest BCUT2D eigenvalue weighted by atomic mass is 10.1.